The topological polar surface area (TPSA) is 73.0 Å². The SMILES string of the molecule is Cc1ccccc1Cn1cc(NC(=O)c2noc3c2CCCC3)cn1. The summed E-state index contributed by atoms with van der Waals surface area (Å²) in [5.74, 6) is 0.619. The zero-order valence-corrected chi connectivity index (χ0v) is 14.2. The van der Waals surface area contributed by atoms with Gasteiger partial charge >= 0.3 is 0 Å². The molecule has 0 unspecified atom stereocenters. The van der Waals surface area contributed by atoms with Crippen molar-refractivity contribution < 1.29 is 9.32 Å². The number of hydrogen-bond donors (Lipinski definition) is 1. The number of carbonyl (C=O) groups is 1. The maximum Gasteiger partial charge on any atom is 0.278 e. The summed E-state index contributed by atoms with van der Waals surface area (Å²) in [7, 11) is 0. The number of fused-ring (bicyclic) bond motifs is 1. The Bertz CT molecular complexity index is 910. The lowest BCUT2D eigenvalue weighted by Gasteiger charge is -2.08. The van der Waals surface area contributed by atoms with Gasteiger partial charge in [0.05, 0.1) is 18.4 Å². The van der Waals surface area contributed by atoms with Crippen LogP contribution in [0.1, 0.15) is 45.8 Å². The third-order valence-corrected chi connectivity index (χ3v) is 4.65. The summed E-state index contributed by atoms with van der Waals surface area (Å²) in [5, 5.41) is 11.2. The third-order valence-electron chi connectivity index (χ3n) is 4.65. The summed E-state index contributed by atoms with van der Waals surface area (Å²) in [6.45, 7) is 2.75. The van der Waals surface area contributed by atoms with Gasteiger partial charge in [0.1, 0.15) is 5.76 Å². The van der Waals surface area contributed by atoms with E-state index in [1.807, 2.05) is 23.0 Å². The molecule has 1 aliphatic carbocycles. The number of amides is 1. The number of nitrogens with zero attached hydrogens (tertiary/aromatic N) is 3. The van der Waals surface area contributed by atoms with Crippen molar-refractivity contribution in [2.75, 3.05) is 5.32 Å². The lowest BCUT2D eigenvalue weighted by Crippen LogP contribution is -2.15. The van der Waals surface area contributed by atoms with Crippen LogP contribution in [-0.2, 0) is 19.4 Å². The van der Waals surface area contributed by atoms with Crippen molar-refractivity contribution in [1.82, 2.24) is 14.9 Å². The van der Waals surface area contributed by atoms with Crippen LogP contribution in [0.25, 0.3) is 0 Å². The second-order valence-corrected chi connectivity index (χ2v) is 6.45. The molecule has 0 radical (unpaired) electrons. The molecule has 0 saturated heterocycles. The first kappa shape index (κ1) is 15.6. The molecule has 25 heavy (non-hydrogen) atoms. The lowest BCUT2D eigenvalue weighted by molar-refractivity contribution is 0.101. The van der Waals surface area contributed by atoms with Crippen molar-refractivity contribution in [3.05, 3.63) is 64.8 Å². The van der Waals surface area contributed by atoms with E-state index in [2.05, 4.69) is 34.6 Å². The smallest absolute Gasteiger partial charge is 0.278 e. The van der Waals surface area contributed by atoms with Crippen LogP contribution < -0.4 is 5.32 Å². The Morgan fingerprint density at radius 1 is 1.28 bits per heavy atom. The van der Waals surface area contributed by atoms with E-state index in [0.717, 1.165) is 37.0 Å². The first-order chi connectivity index (χ1) is 12.2. The molecule has 6 heteroatoms. The summed E-state index contributed by atoms with van der Waals surface area (Å²) in [6, 6.07) is 8.20. The Morgan fingerprint density at radius 2 is 2.12 bits per heavy atom. The highest BCUT2D eigenvalue weighted by Gasteiger charge is 2.24. The van der Waals surface area contributed by atoms with Crippen molar-refractivity contribution in [3.63, 3.8) is 0 Å². The average molecular weight is 336 g/mol. The van der Waals surface area contributed by atoms with Crippen molar-refractivity contribution in [3.8, 4) is 0 Å². The Morgan fingerprint density at radius 3 is 3.00 bits per heavy atom. The van der Waals surface area contributed by atoms with Crippen molar-refractivity contribution in [1.29, 1.82) is 0 Å². The van der Waals surface area contributed by atoms with Gasteiger partial charge in [-0.2, -0.15) is 5.10 Å². The van der Waals surface area contributed by atoms with Gasteiger partial charge in [-0.05, 0) is 37.3 Å². The second kappa shape index (κ2) is 6.55. The molecule has 4 rings (SSSR count). The van der Waals surface area contributed by atoms with Crippen LogP contribution in [0.5, 0.6) is 0 Å². The minimum absolute atomic E-state index is 0.234. The molecular formula is C19H20N4O2. The van der Waals surface area contributed by atoms with Gasteiger partial charge in [-0.25, -0.2) is 0 Å². The zero-order valence-electron chi connectivity index (χ0n) is 14.2. The van der Waals surface area contributed by atoms with Crippen LogP contribution in [0.3, 0.4) is 0 Å². The Labute approximate surface area is 145 Å². The van der Waals surface area contributed by atoms with Crippen LogP contribution in [0.15, 0.2) is 41.2 Å². The summed E-state index contributed by atoms with van der Waals surface area (Å²) in [4.78, 5) is 12.5. The second-order valence-electron chi connectivity index (χ2n) is 6.45. The van der Waals surface area contributed by atoms with Crippen LogP contribution in [0.2, 0.25) is 0 Å². The minimum Gasteiger partial charge on any atom is -0.360 e. The molecule has 1 aliphatic rings. The molecule has 1 N–H and O–H groups in total. The molecule has 2 heterocycles. The highest BCUT2D eigenvalue weighted by molar-refractivity contribution is 6.03. The molecule has 0 bridgehead atoms. The van der Waals surface area contributed by atoms with Gasteiger partial charge < -0.3 is 9.84 Å². The molecule has 128 valence electrons. The Balaban J connectivity index is 1.47. The first-order valence-corrected chi connectivity index (χ1v) is 8.56. The predicted octanol–water partition coefficient (Wildman–Crippen LogP) is 3.36. The van der Waals surface area contributed by atoms with Crippen LogP contribution in [0.4, 0.5) is 5.69 Å². The van der Waals surface area contributed by atoms with E-state index in [0.29, 0.717) is 17.9 Å². The number of carbonyl (C=O) groups excluding carboxylic acids is 1. The number of aromatic nitrogens is 3. The zero-order chi connectivity index (χ0) is 17.2. The van der Waals surface area contributed by atoms with Crippen LogP contribution in [0, 0.1) is 6.92 Å². The Hall–Kier alpha value is -2.89. The third kappa shape index (κ3) is 3.20. The number of rotatable bonds is 4. The van der Waals surface area contributed by atoms with Gasteiger partial charge in [-0.3, -0.25) is 9.48 Å². The van der Waals surface area contributed by atoms with E-state index in [9.17, 15) is 4.79 Å². The summed E-state index contributed by atoms with van der Waals surface area (Å²) in [5.41, 5.74) is 4.44. The van der Waals surface area contributed by atoms with E-state index in [-0.39, 0.29) is 5.91 Å². The number of aryl methyl sites for hydroxylation is 2. The largest absolute Gasteiger partial charge is 0.360 e. The van der Waals surface area contributed by atoms with Gasteiger partial charge in [0.2, 0.25) is 0 Å². The summed E-state index contributed by atoms with van der Waals surface area (Å²) in [6.07, 6.45) is 7.37. The number of benzene rings is 1. The Kier molecular flexibility index (Phi) is 4.09. The fraction of sp³-hybridized carbons (Fsp3) is 0.316. The maximum atomic E-state index is 12.5. The molecule has 0 aliphatic heterocycles. The quantitative estimate of drug-likeness (QED) is 0.793. The first-order valence-electron chi connectivity index (χ1n) is 8.56. The highest BCUT2D eigenvalue weighted by atomic mass is 16.5. The molecule has 2 aromatic heterocycles. The molecule has 0 spiro atoms. The predicted molar refractivity (Wildman–Crippen MR) is 93.6 cm³/mol. The van der Waals surface area contributed by atoms with Crippen LogP contribution in [-0.4, -0.2) is 20.8 Å². The number of nitrogens with one attached hydrogen (secondary N) is 1. The van der Waals surface area contributed by atoms with E-state index in [1.54, 1.807) is 6.20 Å². The van der Waals surface area contributed by atoms with Crippen LogP contribution >= 0.6 is 0 Å². The van der Waals surface area contributed by atoms with Crippen molar-refractivity contribution in [2.24, 2.45) is 0 Å². The average Bonchev–Trinajstić information content (AvgIpc) is 3.23. The molecular weight excluding hydrogens is 316 g/mol. The lowest BCUT2D eigenvalue weighted by atomic mass is 9.96. The van der Waals surface area contributed by atoms with E-state index in [4.69, 9.17) is 4.52 Å². The molecule has 6 nitrogen and oxygen atoms in total. The highest BCUT2D eigenvalue weighted by Crippen LogP contribution is 2.24. The van der Waals surface area contributed by atoms with E-state index < -0.39 is 0 Å². The van der Waals surface area contributed by atoms with Crippen molar-refractivity contribution >= 4 is 11.6 Å². The molecule has 0 fully saturated rings. The van der Waals surface area contributed by atoms with Crippen molar-refractivity contribution in [2.45, 2.75) is 39.2 Å². The fourth-order valence-corrected chi connectivity index (χ4v) is 3.23. The number of anilines is 1. The summed E-state index contributed by atoms with van der Waals surface area (Å²) >= 11 is 0. The van der Waals surface area contributed by atoms with E-state index >= 15 is 0 Å². The monoisotopic (exact) mass is 336 g/mol. The molecule has 0 atom stereocenters. The van der Waals surface area contributed by atoms with Gasteiger partial charge in [0.15, 0.2) is 5.69 Å². The normalized spacial score (nSPS) is 13.5. The van der Waals surface area contributed by atoms with E-state index in [1.165, 1.54) is 11.1 Å². The van der Waals surface area contributed by atoms with Gasteiger partial charge in [-0.15, -0.1) is 0 Å². The van der Waals surface area contributed by atoms with Gasteiger partial charge in [0.25, 0.3) is 5.91 Å². The number of hydrogen-bond acceptors (Lipinski definition) is 4. The minimum atomic E-state index is -0.234. The molecule has 1 aromatic carbocycles. The van der Waals surface area contributed by atoms with Gasteiger partial charge in [0, 0.05) is 18.2 Å². The fourth-order valence-electron chi connectivity index (χ4n) is 3.23. The maximum absolute atomic E-state index is 12.5. The standard InChI is InChI=1S/C19H20N4O2/c1-13-6-2-3-7-14(13)11-23-12-15(10-20-23)21-19(24)18-16-8-4-5-9-17(16)25-22-18/h2-3,6-7,10,12H,4-5,8-9,11H2,1H3,(H,21,24). The molecule has 3 aromatic rings. The molecule has 1 amide bonds. The van der Waals surface area contributed by atoms with Gasteiger partial charge in [-0.1, -0.05) is 29.4 Å². The molecule has 0 saturated carbocycles. The summed E-state index contributed by atoms with van der Waals surface area (Å²) < 4.78 is 7.13.